The van der Waals surface area contributed by atoms with Crippen LogP contribution in [-0.4, -0.2) is 18.4 Å². The Morgan fingerprint density at radius 2 is 1.48 bits per heavy atom. The van der Waals surface area contributed by atoms with Crippen LogP contribution in [0.25, 0.3) is 0 Å². The van der Waals surface area contributed by atoms with Crippen molar-refractivity contribution < 1.29 is 14.0 Å². The first-order valence-corrected chi connectivity index (χ1v) is 8.86. The van der Waals surface area contributed by atoms with Crippen LogP contribution in [0.3, 0.4) is 0 Å². The molecule has 0 unspecified atom stereocenters. The zero-order chi connectivity index (χ0) is 20.5. The van der Waals surface area contributed by atoms with Gasteiger partial charge in [0.25, 0.3) is 5.91 Å². The van der Waals surface area contributed by atoms with Crippen LogP contribution in [0.15, 0.2) is 78.9 Å². The smallest absolute Gasteiger partial charge is 0.262 e. The maximum atomic E-state index is 12.9. The lowest BCUT2D eigenvalue weighted by Gasteiger charge is -2.08. The average molecular weight is 387 g/mol. The van der Waals surface area contributed by atoms with E-state index in [1.807, 2.05) is 6.07 Å². The molecule has 0 saturated carbocycles. The summed E-state index contributed by atoms with van der Waals surface area (Å²) < 4.78 is 12.9. The topological polar surface area (TPSA) is 70.2 Å². The lowest BCUT2D eigenvalue weighted by Crippen LogP contribution is -2.21. The largest absolute Gasteiger partial charge is 0.376 e. The number of anilines is 2. The minimum absolute atomic E-state index is 0.0543. The third kappa shape index (κ3) is 6.22. The van der Waals surface area contributed by atoms with Gasteiger partial charge >= 0.3 is 0 Å². The van der Waals surface area contributed by atoms with Gasteiger partial charge in [-0.15, -0.1) is 0 Å². The number of carbonyl (C=O) groups is 2. The monoisotopic (exact) mass is 387 g/mol. The summed E-state index contributed by atoms with van der Waals surface area (Å²) in [6.07, 6.45) is 0. The van der Waals surface area contributed by atoms with Crippen LogP contribution in [0.5, 0.6) is 0 Å². The quantitative estimate of drug-likeness (QED) is 0.463. The first-order chi connectivity index (χ1) is 14.1. The van der Waals surface area contributed by atoms with Gasteiger partial charge in [-0.25, -0.2) is 4.39 Å². The standard InChI is InChI=1S/C23H18FN3O2/c24-19-8-12-20(13-9-19)26-16-22(28)27-21-10-6-17(7-11-21)14-15-25-23(29)18-4-2-1-3-5-18/h1-13,26H,16H2,(H,25,29)(H,27,28). The van der Waals surface area contributed by atoms with Crippen molar-refractivity contribution in [2.75, 3.05) is 17.2 Å². The van der Waals surface area contributed by atoms with Gasteiger partial charge in [-0.2, -0.15) is 0 Å². The lowest BCUT2D eigenvalue weighted by molar-refractivity contribution is -0.114. The molecule has 0 aliphatic heterocycles. The van der Waals surface area contributed by atoms with E-state index in [2.05, 4.69) is 27.9 Å². The maximum absolute atomic E-state index is 12.9. The van der Waals surface area contributed by atoms with Crippen LogP contribution in [0.2, 0.25) is 0 Å². The van der Waals surface area contributed by atoms with E-state index in [-0.39, 0.29) is 24.2 Å². The van der Waals surface area contributed by atoms with E-state index >= 15 is 0 Å². The van der Waals surface area contributed by atoms with Crippen molar-refractivity contribution in [1.82, 2.24) is 5.32 Å². The van der Waals surface area contributed by atoms with Crippen LogP contribution < -0.4 is 16.0 Å². The van der Waals surface area contributed by atoms with Crippen molar-refractivity contribution in [3.63, 3.8) is 0 Å². The number of hydrogen-bond acceptors (Lipinski definition) is 3. The Balaban J connectivity index is 1.48. The predicted octanol–water partition coefficient (Wildman–Crippen LogP) is 3.62. The molecule has 0 bridgehead atoms. The number of amides is 2. The number of hydrogen-bond donors (Lipinski definition) is 3. The van der Waals surface area contributed by atoms with Crippen LogP contribution in [-0.2, 0) is 4.79 Å². The van der Waals surface area contributed by atoms with Gasteiger partial charge in [-0.05, 0) is 66.6 Å². The van der Waals surface area contributed by atoms with E-state index in [1.165, 1.54) is 12.1 Å². The SMILES string of the molecule is O=C(CNc1ccc(F)cc1)Nc1ccc(C#CNC(=O)c2ccccc2)cc1. The number of carbonyl (C=O) groups excluding carboxylic acids is 2. The molecule has 29 heavy (non-hydrogen) atoms. The highest BCUT2D eigenvalue weighted by atomic mass is 19.1. The molecule has 0 saturated heterocycles. The van der Waals surface area contributed by atoms with Gasteiger partial charge in [-0.3, -0.25) is 14.9 Å². The number of nitrogens with one attached hydrogen (secondary N) is 3. The van der Waals surface area contributed by atoms with Crippen molar-refractivity contribution in [3.8, 4) is 12.0 Å². The summed E-state index contributed by atoms with van der Waals surface area (Å²) in [6, 6.07) is 24.1. The fourth-order valence-electron chi connectivity index (χ4n) is 2.41. The molecule has 0 heterocycles. The fourth-order valence-corrected chi connectivity index (χ4v) is 2.41. The number of benzene rings is 3. The molecule has 3 aromatic rings. The van der Waals surface area contributed by atoms with Gasteiger partial charge in [0.1, 0.15) is 5.82 Å². The molecule has 3 rings (SSSR count). The van der Waals surface area contributed by atoms with Crippen LogP contribution in [0, 0.1) is 17.8 Å². The van der Waals surface area contributed by atoms with Gasteiger partial charge in [0.05, 0.1) is 6.54 Å². The number of halogens is 1. The molecule has 144 valence electrons. The molecule has 0 aromatic heterocycles. The van der Waals surface area contributed by atoms with Crippen LogP contribution in [0.4, 0.5) is 15.8 Å². The molecular weight excluding hydrogens is 369 g/mol. The molecule has 0 fully saturated rings. The third-order valence-electron chi connectivity index (χ3n) is 3.88. The maximum Gasteiger partial charge on any atom is 0.262 e. The first-order valence-electron chi connectivity index (χ1n) is 8.86. The van der Waals surface area contributed by atoms with Gasteiger partial charge in [0.2, 0.25) is 5.91 Å². The summed E-state index contributed by atoms with van der Waals surface area (Å²) >= 11 is 0. The Labute approximate surface area is 168 Å². The van der Waals surface area contributed by atoms with Gasteiger partial charge in [0.15, 0.2) is 0 Å². The van der Waals surface area contributed by atoms with E-state index in [1.54, 1.807) is 60.7 Å². The summed E-state index contributed by atoms with van der Waals surface area (Å²) in [5, 5.41) is 8.20. The molecule has 6 heteroatoms. The normalized spacial score (nSPS) is 9.69. The molecule has 5 nitrogen and oxygen atoms in total. The van der Waals surface area contributed by atoms with Crippen molar-refractivity contribution in [1.29, 1.82) is 0 Å². The highest BCUT2D eigenvalue weighted by Crippen LogP contribution is 2.10. The fraction of sp³-hybridized carbons (Fsp3) is 0.0435. The zero-order valence-corrected chi connectivity index (χ0v) is 15.4. The summed E-state index contributed by atoms with van der Waals surface area (Å²) in [5.74, 6) is 2.01. The minimum Gasteiger partial charge on any atom is -0.376 e. The lowest BCUT2D eigenvalue weighted by atomic mass is 10.2. The van der Waals surface area contributed by atoms with Gasteiger partial charge in [-0.1, -0.05) is 18.2 Å². The molecule has 0 spiro atoms. The highest BCUT2D eigenvalue weighted by Gasteiger charge is 2.03. The summed E-state index contributed by atoms with van der Waals surface area (Å²) in [7, 11) is 0. The van der Waals surface area contributed by atoms with Crippen LogP contribution in [0.1, 0.15) is 15.9 Å². The Morgan fingerprint density at radius 1 is 0.828 bits per heavy atom. The van der Waals surface area contributed by atoms with E-state index < -0.39 is 0 Å². The minimum atomic E-state index is -0.331. The summed E-state index contributed by atoms with van der Waals surface area (Å²) in [6.45, 7) is 0.0543. The second kappa shape index (κ2) is 9.72. The van der Waals surface area contributed by atoms with Crippen molar-refractivity contribution >= 4 is 23.2 Å². The summed E-state index contributed by atoms with van der Waals surface area (Å²) in [5.41, 5.74) is 2.51. The second-order valence-corrected chi connectivity index (χ2v) is 6.06. The summed E-state index contributed by atoms with van der Waals surface area (Å²) in [4.78, 5) is 23.9. The second-order valence-electron chi connectivity index (χ2n) is 6.06. The molecule has 0 atom stereocenters. The van der Waals surface area contributed by atoms with E-state index in [4.69, 9.17) is 0 Å². The molecule has 2 amide bonds. The van der Waals surface area contributed by atoms with E-state index in [9.17, 15) is 14.0 Å². The predicted molar refractivity (Wildman–Crippen MR) is 111 cm³/mol. The Bertz CT molecular complexity index is 1040. The molecule has 0 radical (unpaired) electrons. The van der Waals surface area contributed by atoms with Crippen molar-refractivity contribution in [2.24, 2.45) is 0 Å². The Kier molecular flexibility index (Phi) is 6.58. The van der Waals surface area contributed by atoms with Crippen molar-refractivity contribution in [2.45, 2.75) is 0 Å². The van der Waals surface area contributed by atoms with Crippen molar-refractivity contribution in [3.05, 3.63) is 95.8 Å². The highest BCUT2D eigenvalue weighted by molar-refractivity contribution is 5.95. The van der Waals surface area contributed by atoms with Crippen LogP contribution >= 0.6 is 0 Å². The number of rotatable bonds is 5. The molecular formula is C23H18FN3O2. The third-order valence-corrected chi connectivity index (χ3v) is 3.88. The van der Waals surface area contributed by atoms with Gasteiger partial charge < -0.3 is 10.6 Å². The first kappa shape index (κ1) is 19.6. The Hall–Kier alpha value is -4.11. The molecule has 3 aromatic carbocycles. The average Bonchev–Trinajstić information content (AvgIpc) is 2.75. The molecule has 3 N–H and O–H groups in total. The van der Waals surface area contributed by atoms with E-state index in [0.717, 1.165) is 0 Å². The Morgan fingerprint density at radius 3 is 2.17 bits per heavy atom. The van der Waals surface area contributed by atoms with E-state index in [0.29, 0.717) is 22.5 Å². The zero-order valence-electron chi connectivity index (χ0n) is 15.4. The van der Waals surface area contributed by atoms with Gasteiger partial charge in [0, 0.05) is 28.5 Å². The molecule has 0 aliphatic carbocycles. The molecule has 0 aliphatic rings.